The van der Waals surface area contributed by atoms with Gasteiger partial charge in [-0.05, 0) is 40.2 Å². The van der Waals surface area contributed by atoms with Crippen LogP contribution in [-0.4, -0.2) is 64.0 Å². The molecule has 1 aliphatic rings. The van der Waals surface area contributed by atoms with Gasteiger partial charge in [0.05, 0.1) is 11.0 Å². The van der Waals surface area contributed by atoms with E-state index in [0.29, 0.717) is 41.9 Å². The topological polar surface area (TPSA) is 58.4 Å². The van der Waals surface area contributed by atoms with Crippen molar-refractivity contribution in [2.75, 3.05) is 32.7 Å². The molecule has 2 heterocycles. The van der Waals surface area contributed by atoms with E-state index in [0.717, 1.165) is 0 Å². The van der Waals surface area contributed by atoms with E-state index in [2.05, 4.69) is 21.0 Å². The quantitative estimate of drug-likeness (QED) is 0.725. The van der Waals surface area contributed by atoms with E-state index in [-0.39, 0.29) is 24.1 Å². The molecule has 8 heteroatoms. The molecule has 0 aliphatic carbocycles. The van der Waals surface area contributed by atoms with Gasteiger partial charge in [0, 0.05) is 45.0 Å². The van der Waals surface area contributed by atoms with Crippen molar-refractivity contribution < 1.29 is 14.0 Å². The normalized spacial score (nSPS) is 15.4. The lowest BCUT2D eigenvalue weighted by molar-refractivity contribution is 0.0617. The van der Waals surface area contributed by atoms with Crippen LogP contribution < -0.4 is 0 Å². The number of rotatable bonds is 4. The molecule has 0 atom stereocenters. The highest BCUT2D eigenvalue weighted by Crippen LogP contribution is 2.17. The lowest BCUT2D eigenvalue weighted by Crippen LogP contribution is -2.50. The Kier molecular flexibility index (Phi) is 5.29. The van der Waals surface area contributed by atoms with Crippen LogP contribution in [0.5, 0.6) is 0 Å². The second kappa shape index (κ2) is 7.45. The number of carbonyl (C=O) groups is 2. The molecule has 3 rings (SSSR count). The van der Waals surface area contributed by atoms with Crippen molar-refractivity contribution in [1.82, 2.24) is 19.6 Å². The summed E-state index contributed by atoms with van der Waals surface area (Å²) in [4.78, 5) is 28.5. The predicted octanol–water partition coefficient (Wildman–Crippen LogP) is 1.96. The highest BCUT2D eigenvalue weighted by atomic mass is 79.9. The van der Waals surface area contributed by atoms with Crippen LogP contribution in [0.4, 0.5) is 4.39 Å². The Labute approximate surface area is 153 Å². The van der Waals surface area contributed by atoms with Gasteiger partial charge in [-0.2, -0.15) is 5.10 Å². The summed E-state index contributed by atoms with van der Waals surface area (Å²) in [6, 6.07) is 5.56. The van der Waals surface area contributed by atoms with E-state index < -0.39 is 0 Å². The molecule has 132 valence electrons. The Morgan fingerprint density at radius 2 is 1.80 bits per heavy atom. The average molecular weight is 409 g/mol. The van der Waals surface area contributed by atoms with Crippen molar-refractivity contribution in [3.63, 3.8) is 0 Å². The maximum absolute atomic E-state index is 12.9. The van der Waals surface area contributed by atoms with Crippen molar-refractivity contribution in [3.8, 4) is 0 Å². The number of amides is 1. The molecular weight excluding hydrogens is 391 g/mol. The summed E-state index contributed by atoms with van der Waals surface area (Å²) in [5, 5.41) is 4.18. The maximum Gasteiger partial charge on any atom is 0.275 e. The van der Waals surface area contributed by atoms with Crippen LogP contribution in [0.25, 0.3) is 0 Å². The molecule has 2 aromatic rings. The minimum Gasteiger partial charge on any atom is -0.335 e. The van der Waals surface area contributed by atoms with Crippen LogP contribution in [0.2, 0.25) is 0 Å². The Balaban J connectivity index is 1.55. The molecule has 25 heavy (non-hydrogen) atoms. The second-order valence-electron chi connectivity index (χ2n) is 6.00. The van der Waals surface area contributed by atoms with Gasteiger partial charge in [0.25, 0.3) is 5.91 Å². The van der Waals surface area contributed by atoms with Gasteiger partial charge >= 0.3 is 0 Å². The summed E-state index contributed by atoms with van der Waals surface area (Å²) < 4.78 is 15.2. The molecule has 1 aromatic heterocycles. The van der Waals surface area contributed by atoms with Crippen molar-refractivity contribution >= 4 is 27.6 Å². The predicted molar refractivity (Wildman–Crippen MR) is 94.0 cm³/mol. The smallest absolute Gasteiger partial charge is 0.275 e. The molecule has 0 unspecified atom stereocenters. The Bertz CT molecular complexity index is 782. The number of carbonyl (C=O) groups excluding carboxylic acids is 2. The molecule has 6 nitrogen and oxygen atoms in total. The van der Waals surface area contributed by atoms with Crippen molar-refractivity contribution in [1.29, 1.82) is 0 Å². The lowest BCUT2D eigenvalue weighted by Gasteiger charge is -2.34. The van der Waals surface area contributed by atoms with Gasteiger partial charge in [-0.15, -0.1) is 0 Å². The van der Waals surface area contributed by atoms with Gasteiger partial charge in [0.15, 0.2) is 11.5 Å². The maximum atomic E-state index is 12.9. The zero-order chi connectivity index (χ0) is 18.0. The van der Waals surface area contributed by atoms with Gasteiger partial charge in [-0.3, -0.25) is 19.2 Å². The molecule has 0 spiro atoms. The van der Waals surface area contributed by atoms with Crippen LogP contribution in [0.1, 0.15) is 20.8 Å². The van der Waals surface area contributed by atoms with E-state index in [1.54, 1.807) is 22.8 Å². The largest absolute Gasteiger partial charge is 0.335 e. The van der Waals surface area contributed by atoms with Gasteiger partial charge in [0.1, 0.15) is 5.82 Å². The standard InChI is InChI=1S/C17H18BrFN4O2/c1-21-10-14(18)16(20-21)17(25)23-8-6-22(7-9-23)11-15(24)12-2-4-13(19)5-3-12/h2-5,10H,6-9,11H2,1H3. The molecule has 1 amide bonds. The number of aromatic nitrogens is 2. The summed E-state index contributed by atoms with van der Waals surface area (Å²) >= 11 is 3.35. The first-order valence-corrected chi connectivity index (χ1v) is 8.73. The van der Waals surface area contributed by atoms with Gasteiger partial charge in [-0.1, -0.05) is 0 Å². The third-order valence-electron chi connectivity index (χ3n) is 4.18. The van der Waals surface area contributed by atoms with E-state index in [1.165, 1.54) is 24.3 Å². The third-order valence-corrected chi connectivity index (χ3v) is 4.76. The average Bonchev–Trinajstić information content (AvgIpc) is 2.94. The molecule has 0 radical (unpaired) electrons. The second-order valence-corrected chi connectivity index (χ2v) is 6.85. The molecular formula is C17H18BrFN4O2. The molecule has 0 N–H and O–H groups in total. The number of piperazine rings is 1. The highest BCUT2D eigenvalue weighted by molar-refractivity contribution is 9.10. The molecule has 0 saturated carbocycles. The number of hydrogen-bond acceptors (Lipinski definition) is 4. The summed E-state index contributed by atoms with van der Waals surface area (Å²) in [6.07, 6.45) is 1.74. The zero-order valence-electron chi connectivity index (χ0n) is 13.8. The Morgan fingerprint density at radius 3 is 2.36 bits per heavy atom. The monoisotopic (exact) mass is 408 g/mol. The summed E-state index contributed by atoms with van der Waals surface area (Å²) in [5.41, 5.74) is 0.899. The van der Waals surface area contributed by atoms with Gasteiger partial charge < -0.3 is 4.90 Å². The van der Waals surface area contributed by atoms with Crippen LogP contribution >= 0.6 is 15.9 Å². The first-order chi connectivity index (χ1) is 11.9. The fraction of sp³-hybridized carbons (Fsp3) is 0.353. The summed E-state index contributed by atoms with van der Waals surface area (Å²) in [5.74, 6) is -0.520. The van der Waals surface area contributed by atoms with Crippen molar-refractivity contribution in [2.24, 2.45) is 7.05 Å². The number of nitrogens with zero attached hydrogens (tertiary/aromatic N) is 4. The summed E-state index contributed by atoms with van der Waals surface area (Å²) in [7, 11) is 1.76. The fourth-order valence-electron chi connectivity index (χ4n) is 2.79. The lowest BCUT2D eigenvalue weighted by atomic mass is 10.1. The first kappa shape index (κ1) is 17.8. The van der Waals surface area contributed by atoms with E-state index in [9.17, 15) is 14.0 Å². The Hall–Kier alpha value is -2.06. The summed E-state index contributed by atoms with van der Waals surface area (Å²) in [6.45, 7) is 2.57. The third kappa shape index (κ3) is 4.13. The van der Waals surface area contributed by atoms with Crippen molar-refractivity contribution in [2.45, 2.75) is 0 Å². The first-order valence-electron chi connectivity index (χ1n) is 7.93. The zero-order valence-corrected chi connectivity index (χ0v) is 15.4. The number of hydrogen-bond donors (Lipinski definition) is 0. The molecule has 1 saturated heterocycles. The van der Waals surface area contributed by atoms with E-state index in [4.69, 9.17) is 0 Å². The number of ketones is 1. The minimum atomic E-state index is -0.357. The van der Waals surface area contributed by atoms with Crippen molar-refractivity contribution in [3.05, 3.63) is 52.0 Å². The minimum absolute atomic E-state index is 0.0488. The molecule has 1 fully saturated rings. The molecule has 0 bridgehead atoms. The van der Waals surface area contributed by atoms with Crippen LogP contribution in [0.3, 0.4) is 0 Å². The number of aryl methyl sites for hydroxylation is 1. The molecule has 1 aliphatic heterocycles. The Morgan fingerprint density at radius 1 is 1.16 bits per heavy atom. The van der Waals surface area contributed by atoms with Crippen LogP contribution in [0.15, 0.2) is 34.9 Å². The number of Topliss-reactive ketones (excluding diaryl/α,β-unsaturated/α-hetero) is 1. The van der Waals surface area contributed by atoms with Gasteiger partial charge in [-0.25, -0.2) is 4.39 Å². The van der Waals surface area contributed by atoms with E-state index >= 15 is 0 Å². The number of halogens is 2. The van der Waals surface area contributed by atoms with Crippen LogP contribution in [0, 0.1) is 5.82 Å². The fourth-order valence-corrected chi connectivity index (χ4v) is 3.34. The number of benzene rings is 1. The highest BCUT2D eigenvalue weighted by Gasteiger charge is 2.26. The van der Waals surface area contributed by atoms with Gasteiger partial charge in [0.2, 0.25) is 0 Å². The van der Waals surface area contributed by atoms with E-state index in [1.807, 2.05) is 4.90 Å². The SMILES string of the molecule is Cn1cc(Br)c(C(=O)N2CCN(CC(=O)c3ccc(F)cc3)CC2)n1. The molecule has 1 aromatic carbocycles. The van der Waals surface area contributed by atoms with Crippen LogP contribution in [-0.2, 0) is 7.05 Å².